The quantitative estimate of drug-likeness (QED) is 0.209. The van der Waals surface area contributed by atoms with Crippen molar-refractivity contribution in [2.45, 2.75) is 0 Å². The largest absolute Gasteiger partial charge is 0.454 e. The minimum Gasteiger partial charge on any atom is -0.454 e. The van der Waals surface area contributed by atoms with Gasteiger partial charge in [-0.05, 0) is 40.1 Å². The van der Waals surface area contributed by atoms with Gasteiger partial charge in [0, 0.05) is 22.1 Å². The van der Waals surface area contributed by atoms with Crippen LogP contribution in [0.4, 0.5) is 0 Å². The highest BCUT2D eigenvalue weighted by Crippen LogP contribution is 2.37. The number of hydrogen-bond donors (Lipinski definition) is 0. The van der Waals surface area contributed by atoms with E-state index in [0.29, 0.717) is 17.5 Å². The van der Waals surface area contributed by atoms with Crippen molar-refractivity contribution in [3.8, 4) is 45.3 Å². The Morgan fingerprint density at radius 1 is 0.400 bits per heavy atom. The van der Waals surface area contributed by atoms with Crippen LogP contribution in [0.3, 0.4) is 0 Å². The van der Waals surface area contributed by atoms with Gasteiger partial charge in [0.05, 0.1) is 10.9 Å². The van der Waals surface area contributed by atoms with E-state index >= 15 is 0 Å². The lowest BCUT2D eigenvalue weighted by atomic mass is 9.97. The van der Waals surface area contributed by atoms with Crippen LogP contribution in [0.2, 0.25) is 0 Å². The summed E-state index contributed by atoms with van der Waals surface area (Å²) in [4.78, 5) is 20.0. The zero-order valence-electron chi connectivity index (χ0n) is 24.1. The molecule has 0 aliphatic heterocycles. The standard InChI is InChI=1S/C40H24N4O/c1-2-11-27(12-3-1)38-42-39(28-22-20-26(21-23-28)31-16-8-14-25-10-4-6-15-30(25)31)44-40(43-38)32-17-9-19-34-36(32)37-35(45-34)24-29-13-5-7-18-33(29)41-37/h1-24H. The van der Waals surface area contributed by atoms with E-state index in [1.165, 1.54) is 16.3 Å². The number of aromatic nitrogens is 4. The van der Waals surface area contributed by atoms with E-state index in [1.807, 2.05) is 78.9 Å². The number of nitrogens with zero attached hydrogens (tertiary/aromatic N) is 4. The predicted octanol–water partition coefficient (Wildman–Crippen LogP) is 10.1. The number of fused-ring (bicyclic) bond motifs is 5. The van der Waals surface area contributed by atoms with Crippen LogP contribution < -0.4 is 0 Å². The summed E-state index contributed by atoms with van der Waals surface area (Å²) < 4.78 is 6.30. The fraction of sp³-hybridized carbons (Fsp3) is 0. The van der Waals surface area contributed by atoms with Crippen LogP contribution in [0, 0.1) is 0 Å². The third kappa shape index (κ3) is 4.33. The Bertz CT molecular complexity index is 2530. The second kappa shape index (κ2) is 10.2. The Kier molecular flexibility index (Phi) is 5.74. The molecule has 210 valence electrons. The monoisotopic (exact) mass is 576 g/mol. The van der Waals surface area contributed by atoms with Gasteiger partial charge in [-0.25, -0.2) is 19.9 Å². The summed E-state index contributed by atoms with van der Waals surface area (Å²) in [7, 11) is 0. The van der Waals surface area contributed by atoms with E-state index in [9.17, 15) is 0 Å². The van der Waals surface area contributed by atoms with Gasteiger partial charge < -0.3 is 4.42 Å². The molecule has 5 heteroatoms. The molecule has 0 spiro atoms. The van der Waals surface area contributed by atoms with Crippen LogP contribution in [0.25, 0.3) is 89.0 Å². The molecule has 5 nitrogen and oxygen atoms in total. The van der Waals surface area contributed by atoms with Crippen molar-refractivity contribution in [1.82, 2.24) is 19.9 Å². The van der Waals surface area contributed by atoms with Crippen LogP contribution in [0.15, 0.2) is 150 Å². The summed E-state index contributed by atoms with van der Waals surface area (Å²) in [6, 6.07) is 49.5. The topological polar surface area (TPSA) is 64.7 Å². The molecule has 0 aliphatic rings. The van der Waals surface area contributed by atoms with Crippen molar-refractivity contribution in [2.24, 2.45) is 0 Å². The van der Waals surface area contributed by atoms with Crippen molar-refractivity contribution < 1.29 is 4.42 Å². The molecule has 0 fully saturated rings. The summed E-state index contributed by atoms with van der Waals surface area (Å²) >= 11 is 0. The Balaban J connectivity index is 1.23. The van der Waals surface area contributed by atoms with Gasteiger partial charge in [0.25, 0.3) is 0 Å². The molecule has 6 aromatic carbocycles. The minimum absolute atomic E-state index is 0.570. The number of hydrogen-bond acceptors (Lipinski definition) is 5. The highest BCUT2D eigenvalue weighted by molar-refractivity contribution is 6.12. The van der Waals surface area contributed by atoms with Crippen molar-refractivity contribution in [1.29, 1.82) is 0 Å². The fourth-order valence-corrected chi connectivity index (χ4v) is 6.14. The molecule has 0 saturated heterocycles. The molecular formula is C40H24N4O. The second-order valence-corrected chi connectivity index (χ2v) is 11.1. The maximum absolute atomic E-state index is 6.30. The molecule has 0 N–H and O–H groups in total. The fourth-order valence-electron chi connectivity index (χ4n) is 6.14. The molecule has 3 aromatic heterocycles. The van der Waals surface area contributed by atoms with Gasteiger partial charge in [-0.3, -0.25) is 0 Å². The molecule has 3 heterocycles. The van der Waals surface area contributed by atoms with Crippen LogP contribution in [0.1, 0.15) is 0 Å². The number of pyridine rings is 1. The lowest BCUT2D eigenvalue weighted by molar-refractivity contribution is 0.669. The van der Waals surface area contributed by atoms with Gasteiger partial charge >= 0.3 is 0 Å². The van der Waals surface area contributed by atoms with E-state index in [-0.39, 0.29) is 0 Å². The zero-order valence-corrected chi connectivity index (χ0v) is 24.1. The van der Waals surface area contributed by atoms with E-state index in [1.54, 1.807) is 0 Å². The molecule has 0 aliphatic carbocycles. The SMILES string of the molecule is c1ccc(-c2nc(-c3ccc(-c4cccc5ccccc45)cc3)nc(-c3cccc4oc5cc6ccccc6nc5c34)n2)cc1. The minimum atomic E-state index is 0.570. The molecule has 0 saturated carbocycles. The first-order valence-corrected chi connectivity index (χ1v) is 14.9. The molecule has 9 aromatic rings. The molecular weight excluding hydrogens is 552 g/mol. The van der Waals surface area contributed by atoms with Gasteiger partial charge in [0.2, 0.25) is 0 Å². The maximum atomic E-state index is 6.30. The van der Waals surface area contributed by atoms with Crippen LogP contribution >= 0.6 is 0 Å². The molecule has 0 radical (unpaired) electrons. The third-order valence-electron chi connectivity index (χ3n) is 8.32. The first kappa shape index (κ1) is 25.3. The van der Waals surface area contributed by atoms with Crippen LogP contribution in [-0.4, -0.2) is 19.9 Å². The highest BCUT2D eigenvalue weighted by atomic mass is 16.3. The Labute approximate surface area is 258 Å². The van der Waals surface area contributed by atoms with Crippen molar-refractivity contribution in [3.63, 3.8) is 0 Å². The summed E-state index contributed by atoms with van der Waals surface area (Å²) in [6.07, 6.45) is 0. The van der Waals surface area contributed by atoms with Crippen molar-refractivity contribution >= 4 is 43.7 Å². The summed E-state index contributed by atoms with van der Waals surface area (Å²) in [5.74, 6) is 1.78. The summed E-state index contributed by atoms with van der Waals surface area (Å²) in [5.41, 5.74) is 8.20. The summed E-state index contributed by atoms with van der Waals surface area (Å²) in [6.45, 7) is 0. The normalized spacial score (nSPS) is 11.6. The average Bonchev–Trinajstić information content (AvgIpc) is 3.48. The number of para-hydroxylation sites is 1. The van der Waals surface area contributed by atoms with Gasteiger partial charge in [-0.15, -0.1) is 0 Å². The molecule has 45 heavy (non-hydrogen) atoms. The van der Waals surface area contributed by atoms with E-state index in [0.717, 1.165) is 55.2 Å². The Hall–Kier alpha value is -6.20. The molecule has 0 atom stereocenters. The van der Waals surface area contributed by atoms with E-state index in [4.69, 9.17) is 24.4 Å². The second-order valence-electron chi connectivity index (χ2n) is 11.1. The Morgan fingerprint density at radius 2 is 1.02 bits per heavy atom. The molecule has 9 rings (SSSR count). The third-order valence-corrected chi connectivity index (χ3v) is 8.32. The van der Waals surface area contributed by atoms with Gasteiger partial charge in [0.1, 0.15) is 11.1 Å². The molecule has 0 bridgehead atoms. The van der Waals surface area contributed by atoms with E-state index in [2.05, 4.69) is 66.7 Å². The number of furan rings is 1. The number of benzene rings is 6. The summed E-state index contributed by atoms with van der Waals surface area (Å²) in [5, 5.41) is 4.37. The first-order valence-electron chi connectivity index (χ1n) is 14.9. The Morgan fingerprint density at radius 3 is 1.87 bits per heavy atom. The first-order chi connectivity index (χ1) is 22.3. The molecule has 0 amide bonds. The van der Waals surface area contributed by atoms with Crippen molar-refractivity contribution in [3.05, 3.63) is 146 Å². The van der Waals surface area contributed by atoms with Gasteiger partial charge in [-0.2, -0.15) is 0 Å². The van der Waals surface area contributed by atoms with Crippen molar-refractivity contribution in [2.75, 3.05) is 0 Å². The van der Waals surface area contributed by atoms with Crippen LogP contribution in [0.5, 0.6) is 0 Å². The van der Waals surface area contributed by atoms with Crippen LogP contribution in [-0.2, 0) is 0 Å². The molecule has 0 unspecified atom stereocenters. The average molecular weight is 577 g/mol. The lowest BCUT2D eigenvalue weighted by Gasteiger charge is -2.10. The number of rotatable bonds is 4. The van der Waals surface area contributed by atoms with Gasteiger partial charge in [-0.1, -0.05) is 127 Å². The zero-order chi connectivity index (χ0) is 29.7. The maximum Gasteiger partial charge on any atom is 0.164 e. The van der Waals surface area contributed by atoms with Gasteiger partial charge in [0.15, 0.2) is 23.1 Å². The smallest absolute Gasteiger partial charge is 0.164 e. The lowest BCUT2D eigenvalue weighted by Crippen LogP contribution is -2.00. The predicted molar refractivity (Wildman–Crippen MR) is 182 cm³/mol. The van der Waals surface area contributed by atoms with E-state index < -0.39 is 0 Å². The highest BCUT2D eigenvalue weighted by Gasteiger charge is 2.19.